The zero-order valence-electron chi connectivity index (χ0n) is 10.8. The number of morpholine rings is 1. The maximum atomic E-state index is 5.71. The van der Waals surface area contributed by atoms with Crippen LogP contribution in [0.25, 0.3) is 0 Å². The highest BCUT2D eigenvalue weighted by molar-refractivity contribution is 5.48. The number of nitrogens with zero attached hydrogens (tertiary/aromatic N) is 1. The number of hydrogen-bond acceptors (Lipinski definition) is 3. The van der Waals surface area contributed by atoms with Crippen LogP contribution in [-0.2, 0) is 11.2 Å². The highest BCUT2D eigenvalue weighted by Gasteiger charge is 2.19. The van der Waals surface area contributed by atoms with E-state index >= 15 is 0 Å². The molecular formula is C14H22N2O. The van der Waals surface area contributed by atoms with Gasteiger partial charge in [0.25, 0.3) is 0 Å². The van der Waals surface area contributed by atoms with Gasteiger partial charge in [-0.05, 0) is 31.2 Å². The zero-order chi connectivity index (χ0) is 12.1. The fourth-order valence-corrected chi connectivity index (χ4v) is 2.25. The van der Waals surface area contributed by atoms with Gasteiger partial charge in [0.2, 0.25) is 0 Å². The molecule has 0 aliphatic carbocycles. The number of likely N-dealkylation sites (N-methyl/N-ethyl adjacent to an activating group) is 1. The molecule has 3 nitrogen and oxygen atoms in total. The molecule has 94 valence electrons. The summed E-state index contributed by atoms with van der Waals surface area (Å²) in [5, 5.41) is 3.18. The molecule has 0 bridgehead atoms. The van der Waals surface area contributed by atoms with Crippen molar-refractivity contribution in [3.63, 3.8) is 0 Å². The third-order valence-electron chi connectivity index (χ3n) is 3.28. The Morgan fingerprint density at radius 2 is 2.12 bits per heavy atom. The summed E-state index contributed by atoms with van der Waals surface area (Å²) < 4.78 is 5.71. The van der Waals surface area contributed by atoms with Crippen LogP contribution in [0.3, 0.4) is 0 Å². The smallest absolute Gasteiger partial charge is 0.0874 e. The molecule has 1 aromatic carbocycles. The first-order chi connectivity index (χ1) is 8.33. The van der Waals surface area contributed by atoms with Crippen LogP contribution in [0, 0.1) is 0 Å². The summed E-state index contributed by atoms with van der Waals surface area (Å²) in [4.78, 5) is 2.41. The number of anilines is 1. The Morgan fingerprint density at radius 3 is 2.76 bits per heavy atom. The fourth-order valence-electron chi connectivity index (χ4n) is 2.25. The molecule has 1 fully saturated rings. The van der Waals surface area contributed by atoms with Gasteiger partial charge in [-0.15, -0.1) is 0 Å². The predicted molar refractivity (Wildman–Crippen MR) is 71.7 cm³/mol. The van der Waals surface area contributed by atoms with Crippen molar-refractivity contribution in [3.05, 3.63) is 29.8 Å². The van der Waals surface area contributed by atoms with E-state index in [-0.39, 0.29) is 0 Å². The number of hydrogen-bond donors (Lipinski definition) is 1. The molecular weight excluding hydrogens is 212 g/mol. The second-order valence-corrected chi connectivity index (χ2v) is 4.52. The Labute approximate surface area is 104 Å². The number of ether oxygens (including phenoxy) is 1. The summed E-state index contributed by atoms with van der Waals surface area (Å²) in [6.45, 7) is 5.90. The Hall–Kier alpha value is -1.06. The molecule has 1 atom stereocenters. The van der Waals surface area contributed by atoms with Crippen molar-refractivity contribution >= 4 is 5.69 Å². The van der Waals surface area contributed by atoms with Crippen LogP contribution < -0.4 is 10.2 Å². The first-order valence-corrected chi connectivity index (χ1v) is 6.43. The standard InChI is InChI=1S/C14H22N2O/c1-3-12-4-6-13(7-5-12)16-8-9-17-14(11-16)10-15-2/h4-7,14-15H,3,8-11H2,1-2H3. The van der Waals surface area contributed by atoms with Crippen LogP contribution >= 0.6 is 0 Å². The number of rotatable bonds is 4. The molecule has 1 aromatic rings. The van der Waals surface area contributed by atoms with Crippen molar-refractivity contribution in [2.45, 2.75) is 19.4 Å². The largest absolute Gasteiger partial charge is 0.373 e. The van der Waals surface area contributed by atoms with E-state index in [1.165, 1.54) is 11.3 Å². The second-order valence-electron chi connectivity index (χ2n) is 4.52. The summed E-state index contributed by atoms with van der Waals surface area (Å²) in [5.41, 5.74) is 2.71. The van der Waals surface area contributed by atoms with E-state index < -0.39 is 0 Å². The molecule has 0 amide bonds. The van der Waals surface area contributed by atoms with Gasteiger partial charge in [0.1, 0.15) is 0 Å². The van der Waals surface area contributed by atoms with E-state index in [0.717, 1.165) is 32.7 Å². The van der Waals surface area contributed by atoms with Gasteiger partial charge in [0.15, 0.2) is 0 Å². The van der Waals surface area contributed by atoms with Gasteiger partial charge in [0, 0.05) is 25.3 Å². The first-order valence-electron chi connectivity index (χ1n) is 6.43. The number of nitrogens with one attached hydrogen (secondary N) is 1. The SMILES string of the molecule is CCc1ccc(N2CCOC(CNC)C2)cc1. The molecule has 3 heteroatoms. The molecule has 0 radical (unpaired) electrons. The molecule has 1 aliphatic rings. The molecule has 0 aromatic heterocycles. The molecule has 1 N–H and O–H groups in total. The molecule has 1 saturated heterocycles. The maximum absolute atomic E-state index is 5.71. The first kappa shape index (κ1) is 12.4. The van der Waals surface area contributed by atoms with Gasteiger partial charge in [0.05, 0.1) is 12.7 Å². The highest BCUT2D eigenvalue weighted by atomic mass is 16.5. The molecule has 17 heavy (non-hydrogen) atoms. The summed E-state index contributed by atoms with van der Waals surface area (Å²) in [5.74, 6) is 0. The third-order valence-corrected chi connectivity index (χ3v) is 3.28. The van der Waals surface area contributed by atoms with E-state index in [9.17, 15) is 0 Å². The monoisotopic (exact) mass is 234 g/mol. The van der Waals surface area contributed by atoms with Crippen molar-refractivity contribution in [2.75, 3.05) is 38.2 Å². The normalized spacial score (nSPS) is 20.6. The lowest BCUT2D eigenvalue weighted by atomic mass is 10.1. The van der Waals surface area contributed by atoms with Crippen molar-refractivity contribution < 1.29 is 4.74 Å². The summed E-state index contributed by atoms with van der Waals surface area (Å²) in [6.07, 6.45) is 1.41. The lowest BCUT2D eigenvalue weighted by Gasteiger charge is -2.34. The number of aryl methyl sites for hydroxylation is 1. The van der Waals surface area contributed by atoms with E-state index in [1.807, 2.05) is 7.05 Å². The minimum absolute atomic E-state index is 0.305. The summed E-state index contributed by atoms with van der Waals surface area (Å²) in [7, 11) is 1.97. The predicted octanol–water partition coefficient (Wildman–Crippen LogP) is 1.67. The van der Waals surface area contributed by atoms with E-state index in [4.69, 9.17) is 4.74 Å². The average molecular weight is 234 g/mol. The van der Waals surface area contributed by atoms with Crippen LogP contribution in [0.15, 0.2) is 24.3 Å². The van der Waals surface area contributed by atoms with E-state index in [2.05, 4.69) is 41.4 Å². The summed E-state index contributed by atoms with van der Waals surface area (Å²) in [6, 6.07) is 8.89. The van der Waals surface area contributed by atoms with Crippen LogP contribution in [0.1, 0.15) is 12.5 Å². The molecule has 1 aliphatic heterocycles. The van der Waals surface area contributed by atoms with Gasteiger partial charge in [-0.1, -0.05) is 19.1 Å². The maximum Gasteiger partial charge on any atom is 0.0874 e. The molecule has 0 spiro atoms. The molecule has 1 heterocycles. The van der Waals surface area contributed by atoms with Gasteiger partial charge >= 0.3 is 0 Å². The lowest BCUT2D eigenvalue weighted by Crippen LogP contribution is -2.46. The van der Waals surface area contributed by atoms with Gasteiger partial charge < -0.3 is 15.0 Å². The third kappa shape index (κ3) is 3.20. The van der Waals surface area contributed by atoms with Crippen molar-refractivity contribution in [1.82, 2.24) is 5.32 Å². The highest BCUT2D eigenvalue weighted by Crippen LogP contribution is 2.18. The van der Waals surface area contributed by atoms with Gasteiger partial charge in [-0.2, -0.15) is 0 Å². The van der Waals surface area contributed by atoms with Gasteiger partial charge in [-0.25, -0.2) is 0 Å². The Bertz CT molecular complexity index is 335. The van der Waals surface area contributed by atoms with E-state index in [0.29, 0.717) is 6.10 Å². The molecule has 2 rings (SSSR count). The van der Waals surface area contributed by atoms with Crippen molar-refractivity contribution in [2.24, 2.45) is 0 Å². The van der Waals surface area contributed by atoms with Crippen LogP contribution in [0.2, 0.25) is 0 Å². The number of benzene rings is 1. The second kappa shape index (κ2) is 6.03. The molecule has 0 saturated carbocycles. The quantitative estimate of drug-likeness (QED) is 0.857. The lowest BCUT2D eigenvalue weighted by molar-refractivity contribution is 0.0422. The van der Waals surface area contributed by atoms with Crippen LogP contribution in [0.4, 0.5) is 5.69 Å². The summed E-state index contributed by atoms with van der Waals surface area (Å²) >= 11 is 0. The minimum Gasteiger partial charge on any atom is -0.373 e. The fraction of sp³-hybridized carbons (Fsp3) is 0.571. The van der Waals surface area contributed by atoms with Gasteiger partial charge in [-0.3, -0.25) is 0 Å². The minimum atomic E-state index is 0.305. The van der Waals surface area contributed by atoms with Crippen LogP contribution in [0.5, 0.6) is 0 Å². The zero-order valence-corrected chi connectivity index (χ0v) is 10.8. The molecule has 1 unspecified atom stereocenters. The van der Waals surface area contributed by atoms with Crippen molar-refractivity contribution in [1.29, 1.82) is 0 Å². The Kier molecular flexibility index (Phi) is 4.40. The van der Waals surface area contributed by atoms with Crippen molar-refractivity contribution in [3.8, 4) is 0 Å². The van der Waals surface area contributed by atoms with E-state index in [1.54, 1.807) is 0 Å². The topological polar surface area (TPSA) is 24.5 Å². The van der Waals surface area contributed by atoms with Crippen LogP contribution in [-0.4, -0.2) is 39.4 Å². The Balaban J connectivity index is 2.00. The Morgan fingerprint density at radius 1 is 1.35 bits per heavy atom. The average Bonchev–Trinajstić information content (AvgIpc) is 2.40.